The predicted octanol–water partition coefficient (Wildman–Crippen LogP) is 4.59. The Morgan fingerprint density at radius 2 is 1.85 bits per heavy atom. The van der Waals surface area contributed by atoms with Crippen LogP contribution in [0.2, 0.25) is 0 Å². The minimum atomic E-state index is -1.02. The first-order valence-electron chi connectivity index (χ1n) is 12.5. The molecule has 0 aromatic heterocycles. The Labute approximate surface area is 201 Å². The smallest absolute Gasteiger partial charge is 0.306 e. The summed E-state index contributed by atoms with van der Waals surface area (Å²) in [6.07, 6.45) is 4.15. The summed E-state index contributed by atoms with van der Waals surface area (Å²) < 4.78 is 20.8. The van der Waals surface area contributed by atoms with Crippen LogP contribution in [0.5, 0.6) is 0 Å². The molecule has 2 fully saturated rings. The van der Waals surface area contributed by atoms with Crippen LogP contribution in [-0.4, -0.2) is 36.0 Å². The number of benzene rings is 1. The van der Waals surface area contributed by atoms with E-state index in [1.165, 1.54) is 4.90 Å². The van der Waals surface area contributed by atoms with Gasteiger partial charge in [-0.05, 0) is 89.7 Å². The van der Waals surface area contributed by atoms with E-state index in [9.17, 15) is 14.4 Å². The van der Waals surface area contributed by atoms with E-state index in [0.717, 1.165) is 25.7 Å². The summed E-state index contributed by atoms with van der Waals surface area (Å²) in [5.74, 6) is -0.693. The minimum Gasteiger partial charge on any atom is -0.460 e. The van der Waals surface area contributed by atoms with E-state index in [4.69, 9.17) is 4.74 Å². The molecule has 2 amide bonds. The maximum absolute atomic E-state index is 15.4. The van der Waals surface area contributed by atoms with Crippen molar-refractivity contribution in [2.45, 2.75) is 96.6 Å². The molecule has 2 atom stereocenters. The molecular weight excluding hydrogens is 435 g/mol. The van der Waals surface area contributed by atoms with E-state index >= 15 is 4.39 Å². The van der Waals surface area contributed by atoms with E-state index < -0.39 is 11.0 Å². The van der Waals surface area contributed by atoms with Crippen molar-refractivity contribution in [2.75, 3.05) is 11.4 Å². The number of carbonyl (C=O) groups is 3. The molecule has 7 heteroatoms. The topological polar surface area (TPSA) is 75.7 Å². The lowest BCUT2D eigenvalue weighted by Gasteiger charge is -2.28. The van der Waals surface area contributed by atoms with Gasteiger partial charge in [-0.3, -0.25) is 14.4 Å². The van der Waals surface area contributed by atoms with Gasteiger partial charge in [0.05, 0.1) is 17.5 Å². The molecule has 6 nitrogen and oxygen atoms in total. The number of hydrogen-bond acceptors (Lipinski definition) is 4. The monoisotopic (exact) mass is 472 g/mol. The van der Waals surface area contributed by atoms with Crippen LogP contribution in [0.4, 0.5) is 10.1 Å². The Morgan fingerprint density at radius 1 is 1.21 bits per heavy atom. The van der Waals surface area contributed by atoms with E-state index in [1.54, 1.807) is 26.0 Å². The summed E-state index contributed by atoms with van der Waals surface area (Å²) >= 11 is 0. The molecule has 0 saturated heterocycles. The van der Waals surface area contributed by atoms with Crippen LogP contribution in [0.1, 0.15) is 90.7 Å². The van der Waals surface area contributed by atoms with Gasteiger partial charge in [0.25, 0.3) is 0 Å². The predicted molar refractivity (Wildman–Crippen MR) is 128 cm³/mol. The van der Waals surface area contributed by atoms with E-state index in [2.05, 4.69) is 5.32 Å². The average Bonchev–Trinajstić information content (AvgIpc) is 3.60. The molecule has 1 heterocycles. The zero-order chi connectivity index (χ0) is 25.0. The molecule has 1 aromatic rings. The molecular formula is C27H37FN2O4. The highest BCUT2D eigenvalue weighted by Crippen LogP contribution is 2.49. The Morgan fingerprint density at radius 3 is 2.41 bits per heavy atom. The van der Waals surface area contributed by atoms with Gasteiger partial charge in [0.15, 0.2) is 0 Å². The average molecular weight is 473 g/mol. The maximum atomic E-state index is 15.4. The van der Waals surface area contributed by atoms with E-state index in [-0.39, 0.29) is 54.4 Å². The fourth-order valence-corrected chi connectivity index (χ4v) is 5.15. The first-order valence-corrected chi connectivity index (χ1v) is 12.5. The zero-order valence-corrected chi connectivity index (χ0v) is 21.2. The number of ether oxygens (including phenoxy) is 1. The van der Waals surface area contributed by atoms with Gasteiger partial charge in [0.2, 0.25) is 11.8 Å². The molecule has 34 heavy (non-hydrogen) atoms. The Bertz CT molecular complexity index is 1000. The number of hydrogen-bond donors (Lipinski definition) is 1. The van der Waals surface area contributed by atoms with Crippen molar-refractivity contribution in [1.82, 2.24) is 5.32 Å². The molecule has 4 rings (SSSR count). The molecule has 186 valence electrons. The SMILES string of the molecule is C[C@H](CC(=O)OC(C)(C)C)[C@H](NC(=O)CN1C(=O)C(C)(C)c2c1ccc(C1CC1)c2F)C1CC1. The molecule has 0 unspecified atom stereocenters. The second kappa shape index (κ2) is 8.65. The fraction of sp³-hybridized carbons (Fsp3) is 0.667. The van der Waals surface area contributed by atoms with Crippen LogP contribution in [0.15, 0.2) is 12.1 Å². The molecule has 0 radical (unpaired) electrons. The van der Waals surface area contributed by atoms with Gasteiger partial charge in [-0.2, -0.15) is 0 Å². The summed E-state index contributed by atoms with van der Waals surface area (Å²) in [6.45, 7) is 10.7. The number of rotatable bonds is 8. The summed E-state index contributed by atoms with van der Waals surface area (Å²) in [7, 11) is 0. The Balaban J connectivity index is 1.46. The molecule has 3 aliphatic rings. The van der Waals surface area contributed by atoms with E-state index in [1.807, 2.05) is 27.7 Å². The number of nitrogens with zero attached hydrogens (tertiary/aromatic N) is 1. The third kappa shape index (κ3) is 4.98. The van der Waals surface area contributed by atoms with Crippen LogP contribution in [0, 0.1) is 17.7 Å². The maximum Gasteiger partial charge on any atom is 0.306 e. The third-order valence-electron chi connectivity index (χ3n) is 7.14. The number of carbonyl (C=O) groups excluding carboxylic acids is 3. The van der Waals surface area contributed by atoms with Gasteiger partial charge >= 0.3 is 5.97 Å². The van der Waals surface area contributed by atoms with Crippen LogP contribution < -0.4 is 10.2 Å². The Hall–Kier alpha value is -2.44. The summed E-state index contributed by atoms with van der Waals surface area (Å²) in [4.78, 5) is 40.0. The summed E-state index contributed by atoms with van der Waals surface area (Å²) in [5.41, 5.74) is -0.0239. The highest BCUT2D eigenvalue weighted by Gasteiger charge is 2.48. The van der Waals surface area contributed by atoms with E-state index in [0.29, 0.717) is 22.7 Å². The van der Waals surface area contributed by atoms with Crippen molar-refractivity contribution in [1.29, 1.82) is 0 Å². The number of esters is 1. The van der Waals surface area contributed by atoms with Crippen LogP contribution in [-0.2, 0) is 24.5 Å². The van der Waals surface area contributed by atoms with Gasteiger partial charge < -0.3 is 15.0 Å². The van der Waals surface area contributed by atoms with Crippen molar-refractivity contribution in [2.24, 2.45) is 11.8 Å². The molecule has 2 aliphatic carbocycles. The van der Waals surface area contributed by atoms with Gasteiger partial charge in [0.1, 0.15) is 18.0 Å². The van der Waals surface area contributed by atoms with Crippen molar-refractivity contribution < 1.29 is 23.5 Å². The molecule has 0 bridgehead atoms. The van der Waals surface area contributed by atoms with Crippen molar-refractivity contribution >= 4 is 23.5 Å². The van der Waals surface area contributed by atoms with Crippen LogP contribution >= 0.6 is 0 Å². The number of nitrogens with one attached hydrogen (secondary N) is 1. The standard InChI is InChI=1S/C27H37FN2O4/c1-15(13-21(32)34-26(2,3)4)24(17-9-10-17)29-20(31)14-30-19-12-11-18(16-7-8-16)23(28)22(19)27(5,6)25(30)33/h11-12,15-17,24H,7-10,13-14H2,1-6H3,(H,29,31)/t15-,24+/m1/s1. The molecule has 1 aliphatic heterocycles. The second-order valence-corrected chi connectivity index (χ2v) is 11.9. The first kappa shape index (κ1) is 24.7. The molecule has 1 aromatic carbocycles. The second-order valence-electron chi connectivity index (χ2n) is 11.9. The zero-order valence-electron chi connectivity index (χ0n) is 21.2. The lowest BCUT2D eigenvalue weighted by molar-refractivity contribution is -0.156. The normalized spacial score (nSPS) is 21.1. The number of anilines is 1. The van der Waals surface area contributed by atoms with Crippen molar-refractivity contribution in [3.8, 4) is 0 Å². The molecule has 0 spiro atoms. The van der Waals surface area contributed by atoms with Gasteiger partial charge in [-0.1, -0.05) is 13.0 Å². The van der Waals surface area contributed by atoms with Crippen molar-refractivity contribution in [3.05, 3.63) is 29.1 Å². The highest BCUT2D eigenvalue weighted by atomic mass is 19.1. The third-order valence-corrected chi connectivity index (χ3v) is 7.14. The van der Waals surface area contributed by atoms with Crippen LogP contribution in [0.3, 0.4) is 0 Å². The molecule has 2 saturated carbocycles. The van der Waals surface area contributed by atoms with Gasteiger partial charge in [-0.25, -0.2) is 4.39 Å². The van der Waals surface area contributed by atoms with Gasteiger partial charge in [-0.15, -0.1) is 0 Å². The quantitative estimate of drug-likeness (QED) is 0.562. The highest BCUT2D eigenvalue weighted by molar-refractivity contribution is 6.10. The van der Waals surface area contributed by atoms with Gasteiger partial charge in [0, 0.05) is 11.6 Å². The number of amides is 2. The van der Waals surface area contributed by atoms with Crippen molar-refractivity contribution in [3.63, 3.8) is 0 Å². The summed E-state index contributed by atoms with van der Waals surface area (Å²) in [5, 5.41) is 3.07. The fourth-order valence-electron chi connectivity index (χ4n) is 5.15. The largest absolute Gasteiger partial charge is 0.460 e. The molecule has 1 N–H and O–H groups in total. The lowest BCUT2D eigenvalue weighted by Crippen LogP contribution is -2.48. The first-order chi connectivity index (χ1) is 15.8. The summed E-state index contributed by atoms with van der Waals surface area (Å²) in [6, 6.07) is 3.38. The minimum absolute atomic E-state index is 0.0946. The number of halogens is 1. The number of fused-ring (bicyclic) bond motifs is 1. The lowest BCUT2D eigenvalue weighted by atomic mass is 9.84. The Kier molecular flexibility index (Phi) is 6.28. The van der Waals surface area contributed by atoms with Crippen LogP contribution in [0.25, 0.3) is 0 Å².